The van der Waals surface area contributed by atoms with Gasteiger partial charge in [0, 0.05) is 13.1 Å². The molecule has 2 nitrogen and oxygen atoms in total. The Bertz CT molecular complexity index is 125. The van der Waals surface area contributed by atoms with Crippen LogP contribution >= 0.6 is 0 Å². The Balaban J connectivity index is 2.10. The van der Waals surface area contributed by atoms with E-state index in [1.807, 2.05) is 6.08 Å². The fraction of sp³-hybridized carbons (Fsp3) is 0.778. The minimum Gasteiger partial charge on any atom is -0.393 e. The van der Waals surface area contributed by atoms with Crippen molar-refractivity contribution in [1.29, 1.82) is 0 Å². The summed E-state index contributed by atoms with van der Waals surface area (Å²) in [4.78, 5) is 0. The first kappa shape index (κ1) is 8.75. The number of rotatable bonds is 4. The van der Waals surface area contributed by atoms with Gasteiger partial charge in [-0.1, -0.05) is 12.5 Å². The number of aliphatic hydroxyl groups is 1. The predicted molar refractivity (Wildman–Crippen MR) is 46.4 cm³/mol. The highest BCUT2D eigenvalue weighted by Crippen LogP contribution is 2.24. The number of hydrogen-bond donors (Lipinski definition) is 2. The second-order valence-electron chi connectivity index (χ2n) is 3.21. The van der Waals surface area contributed by atoms with Crippen LogP contribution in [0.15, 0.2) is 12.7 Å². The smallest absolute Gasteiger partial charge is 0.0580 e. The normalized spacial score (nSPS) is 30.6. The fourth-order valence-corrected chi connectivity index (χ4v) is 1.63. The van der Waals surface area contributed by atoms with Gasteiger partial charge in [-0.15, -0.1) is 6.58 Å². The van der Waals surface area contributed by atoms with Crippen LogP contribution in [0.4, 0.5) is 0 Å². The van der Waals surface area contributed by atoms with Crippen LogP contribution in [0.5, 0.6) is 0 Å². The van der Waals surface area contributed by atoms with Crippen LogP contribution in [0.2, 0.25) is 0 Å². The molecule has 2 N–H and O–H groups in total. The summed E-state index contributed by atoms with van der Waals surface area (Å²) in [5.74, 6) is 0.481. The maximum Gasteiger partial charge on any atom is 0.0580 e. The highest BCUT2D eigenvalue weighted by atomic mass is 16.3. The lowest BCUT2D eigenvalue weighted by atomic mass is 10.1. The van der Waals surface area contributed by atoms with Gasteiger partial charge in [-0.05, 0) is 18.8 Å². The van der Waals surface area contributed by atoms with Crippen LogP contribution < -0.4 is 5.32 Å². The Hall–Kier alpha value is -0.340. The summed E-state index contributed by atoms with van der Waals surface area (Å²) in [7, 11) is 0. The van der Waals surface area contributed by atoms with E-state index in [0.29, 0.717) is 5.92 Å². The largest absolute Gasteiger partial charge is 0.393 e. The van der Waals surface area contributed by atoms with Crippen molar-refractivity contribution in [2.75, 3.05) is 13.1 Å². The molecule has 1 rings (SSSR count). The van der Waals surface area contributed by atoms with E-state index in [0.717, 1.165) is 19.5 Å². The monoisotopic (exact) mass is 155 g/mol. The summed E-state index contributed by atoms with van der Waals surface area (Å²) >= 11 is 0. The van der Waals surface area contributed by atoms with Gasteiger partial charge in [0.2, 0.25) is 0 Å². The third-order valence-electron chi connectivity index (χ3n) is 2.31. The molecule has 0 aromatic carbocycles. The average Bonchev–Trinajstić information content (AvgIpc) is 2.37. The van der Waals surface area contributed by atoms with Crippen LogP contribution in [-0.4, -0.2) is 24.3 Å². The van der Waals surface area contributed by atoms with Gasteiger partial charge in [0.1, 0.15) is 0 Å². The van der Waals surface area contributed by atoms with Gasteiger partial charge in [0.05, 0.1) is 6.10 Å². The molecule has 0 saturated heterocycles. The van der Waals surface area contributed by atoms with E-state index < -0.39 is 0 Å². The van der Waals surface area contributed by atoms with Crippen molar-refractivity contribution in [2.45, 2.75) is 25.4 Å². The van der Waals surface area contributed by atoms with Gasteiger partial charge in [0.25, 0.3) is 0 Å². The van der Waals surface area contributed by atoms with Crippen molar-refractivity contribution in [3.63, 3.8) is 0 Å². The molecule has 2 atom stereocenters. The zero-order chi connectivity index (χ0) is 8.10. The lowest BCUT2D eigenvalue weighted by molar-refractivity contribution is 0.132. The van der Waals surface area contributed by atoms with Gasteiger partial charge < -0.3 is 10.4 Å². The van der Waals surface area contributed by atoms with Crippen molar-refractivity contribution < 1.29 is 5.11 Å². The molecule has 11 heavy (non-hydrogen) atoms. The summed E-state index contributed by atoms with van der Waals surface area (Å²) in [5.41, 5.74) is 0. The molecule has 0 aromatic rings. The van der Waals surface area contributed by atoms with Crippen molar-refractivity contribution in [2.24, 2.45) is 5.92 Å². The third kappa shape index (κ3) is 2.64. The van der Waals surface area contributed by atoms with Crippen LogP contribution in [0.25, 0.3) is 0 Å². The van der Waals surface area contributed by atoms with E-state index in [-0.39, 0.29) is 6.10 Å². The van der Waals surface area contributed by atoms with Crippen molar-refractivity contribution in [1.82, 2.24) is 5.32 Å². The molecule has 0 aliphatic heterocycles. The highest BCUT2D eigenvalue weighted by molar-refractivity contribution is 4.79. The number of hydrogen-bond acceptors (Lipinski definition) is 2. The zero-order valence-corrected chi connectivity index (χ0v) is 6.92. The summed E-state index contributed by atoms with van der Waals surface area (Å²) < 4.78 is 0. The Morgan fingerprint density at radius 2 is 2.36 bits per heavy atom. The lowest BCUT2D eigenvalue weighted by Gasteiger charge is -2.13. The van der Waals surface area contributed by atoms with E-state index in [2.05, 4.69) is 11.9 Å². The van der Waals surface area contributed by atoms with Gasteiger partial charge in [-0.3, -0.25) is 0 Å². The Morgan fingerprint density at radius 1 is 1.55 bits per heavy atom. The highest BCUT2D eigenvalue weighted by Gasteiger charge is 2.23. The summed E-state index contributed by atoms with van der Waals surface area (Å²) in [6.07, 6.45) is 5.13. The Labute approximate surface area is 68.3 Å². The lowest BCUT2D eigenvalue weighted by Crippen LogP contribution is -2.27. The van der Waals surface area contributed by atoms with Crippen molar-refractivity contribution in [3.05, 3.63) is 12.7 Å². The third-order valence-corrected chi connectivity index (χ3v) is 2.31. The molecule has 0 radical (unpaired) electrons. The van der Waals surface area contributed by atoms with E-state index in [1.54, 1.807) is 0 Å². The predicted octanol–water partition coefficient (Wildman–Crippen LogP) is 0.923. The Kier molecular flexibility index (Phi) is 3.60. The summed E-state index contributed by atoms with van der Waals surface area (Å²) in [6, 6.07) is 0. The van der Waals surface area contributed by atoms with Crippen LogP contribution in [0.1, 0.15) is 19.3 Å². The average molecular weight is 155 g/mol. The fourth-order valence-electron chi connectivity index (χ4n) is 1.63. The molecule has 1 aliphatic carbocycles. The van der Waals surface area contributed by atoms with Crippen LogP contribution in [-0.2, 0) is 0 Å². The molecule has 0 amide bonds. The Morgan fingerprint density at radius 3 is 2.91 bits per heavy atom. The van der Waals surface area contributed by atoms with Gasteiger partial charge in [-0.2, -0.15) is 0 Å². The molecular formula is C9H17NO. The van der Waals surface area contributed by atoms with Gasteiger partial charge in [0.15, 0.2) is 0 Å². The van der Waals surface area contributed by atoms with Gasteiger partial charge in [-0.25, -0.2) is 0 Å². The molecule has 0 spiro atoms. The zero-order valence-electron chi connectivity index (χ0n) is 6.92. The van der Waals surface area contributed by atoms with E-state index in [1.165, 1.54) is 12.8 Å². The maximum atomic E-state index is 9.42. The molecule has 1 fully saturated rings. The second-order valence-corrected chi connectivity index (χ2v) is 3.21. The number of nitrogens with one attached hydrogen (secondary N) is 1. The van der Waals surface area contributed by atoms with E-state index >= 15 is 0 Å². The molecule has 0 bridgehead atoms. The minimum atomic E-state index is -0.0627. The van der Waals surface area contributed by atoms with E-state index in [9.17, 15) is 5.11 Å². The first-order valence-electron chi connectivity index (χ1n) is 4.34. The molecule has 2 heteroatoms. The minimum absolute atomic E-state index is 0.0627. The molecule has 0 heterocycles. The van der Waals surface area contributed by atoms with E-state index in [4.69, 9.17) is 0 Å². The first-order valence-corrected chi connectivity index (χ1v) is 4.34. The van der Waals surface area contributed by atoms with Crippen molar-refractivity contribution >= 4 is 0 Å². The molecule has 2 unspecified atom stereocenters. The molecule has 1 saturated carbocycles. The molecular weight excluding hydrogens is 138 g/mol. The first-order chi connectivity index (χ1) is 5.34. The van der Waals surface area contributed by atoms with Gasteiger partial charge >= 0.3 is 0 Å². The standard InChI is InChI=1S/C9H17NO/c1-2-6-10-7-8-4-3-5-9(8)11/h2,8-11H,1,3-7H2. The summed E-state index contributed by atoms with van der Waals surface area (Å²) in [5, 5.41) is 12.7. The molecule has 64 valence electrons. The topological polar surface area (TPSA) is 32.3 Å². The second kappa shape index (κ2) is 4.52. The molecule has 1 aliphatic rings. The van der Waals surface area contributed by atoms with Crippen molar-refractivity contribution in [3.8, 4) is 0 Å². The summed E-state index contributed by atoms with van der Waals surface area (Å²) in [6.45, 7) is 5.41. The SMILES string of the molecule is C=CCNCC1CCCC1O. The quantitative estimate of drug-likeness (QED) is 0.467. The number of aliphatic hydroxyl groups excluding tert-OH is 1. The van der Waals surface area contributed by atoms with Crippen LogP contribution in [0, 0.1) is 5.92 Å². The van der Waals surface area contributed by atoms with Crippen LogP contribution in [0.3, 0.4) is 0 Å². The molecule has 0 aromatic heterocycles. The maximum absolute atomic E-state index is 9.42.